The molecule has 7 heteroatoms. The Morgan fingerprint density at radius 3 is 2.43 bits per heavy atom. The number of aromatic nitrogens is 2. The number of aryl methyl sites for hydroxylation is 2. The van der Waals surface area contributed by atoms with Gasteiger partial charge in [0, 0.05) is 13.6 Å². The fourth-order valence-corrected chi connectivity index (χ4v) is 6.33. The highest BCUT2D eigenvalue weighted by Crippen LogP contribution is 2.46. The van der Waals surface area contributed by atoms with Crippen LogP contribution >= 0.6 is 0 Å². The van der Waals surface area contributed by atoms with Gasteiger partial charge in [0.05, 0.1) is 23.0 Å². The maximum atomic E-state index is 13.2. The molecule has 1 saturated heterocycles. The summed E-state index contributed by atoms with van der Waals surface area (Å²) in [6.07, 6.45) is 3.45. The van der Waals surface area contributed by atoms with Crippen LogP contribution < -0.4 is 0 Å². The molecule has 118 valence electrons. The zero-order valence-electron chi connectivity index (χ0n) is 12.8. The number of aliphatic hydroxyl groups excluding tert-OH is 1. The molecule has 2 fully saturated rings. The molecule has 6 nitrogen and oxygen atoms in total. The Kier molecular flexibility index (Phi) is 3.42. The second kappa shape index (κ2) is 4.79. The van der Waals surface area contributed by atoms with Crippen LogP contribution in [0.3, 0.4) is 0 Å². The van der Waals surface area contributed by atoms with Crippen LogP contribution in [0.2, 0.25) is 0 Å². The molecule has 2 heterocycles. The predicted molar refractivity (Wildman–Crippen MR) is 78.4 cm³/mol. The van der Waals surface area contributed by atoms with E-state index in [0.29, 0.717) is 29.2 Å². The number of rotatable bonds is 2. The van der Waals surface area contributed by atoms with E-state index in [1.54, 1.807) is 29.9 Å². The normalized spacial score (nSPS) is 26.0. The highest BCUT2D eigenvalue weighted by atomic mass is 32.2. The van der Waals surface area contributed by atoms with Gasteiger partial charge >= 0.3 is 0 Å². The van der Waals surface area contributed by atoms with E-state index in [1.165, 1.54) is 0 Å². The molecule has 21 heavy (non-hydrogen) atoms. The molecule has 1 aliphatic heterocycles. The van der Waals surface area contributed by atoms with Crippen molar-refractivity contribution in [3.63, 3.8) is 0 Å². The lowest BCUT2D eigenvalue weighted by Crippen LogP contribution is -2.50. The Balaban J connectivity index is 2.10. The van der Waals surface area contributed by atoms with Gasteiger partial charge in [-0.05, 0) is 33.1 Å². The van der Waals surface area contributed by atoms with Crippen LogP contribution in [-0.2, 0) is 17.1 Å². The first-order valence-corrected chi connectivity index (χ1v) is 8.96. The first-order chi connectivity index (χ1) is 9.80. The molecule has 0 aromatic carbocycles. The van der Waals surface area contributed by atoms with Crippen LogP contribution in [0.25, 0.3) is 0 Å². The van der Waals surface area contributed by atoms with Crippen LogP contribution in [0, 0.1) is 13.8 Å². The van der Waals surface area contributed by atoms with Crippen molar-refractivity contribution in [2.24, 2.45) is 7.05 Å². The molecule has 0 bridgehead atoms. The molecule has 1 spiro atoms. The maximum Gasteiger partial charge on any atom is 0.247 e. The quantitative estimate of drug-likeness (QED) is 0.887. The van der Waals surface area contributed by atoms with Gasteiger partial charge in [0.1, 0.15) is 4.90 Å². The van der Waals surface area contributed by atoms with Gasteiger partial charge in [-0.3, -0.25) is 4.68 Å². The number of sulfonamides is 1. The Labute approximate surface area is 125 Å². The van der Waals surface area contributed by atoms with E-state index in [4.69, 9.17) is 0 Å². The minimum Gasteiger partial charge on any atom is -0.391 e. The molecule has 1 unspecified atom stereocenters. The summed E-state index contributed by atoms with van der Waals surface area (Å²) in [5.74, 6) is 0. The van der Waals surface area contributed by atoms with E-state index in [-0.39, 0.29) is 0 Å². The topological polar surface area (TPSA) is 75.4 Å². The average molecular weight is 313 g/mol. The highest BCUT2D eigenvalue weighted by molar-refractivity contribution is 7.89. The van der Waals surface area contributed by atoms with Crippen LogP contribution in [0.1, 0.15) is 43.5 Å². The molecule has 1 saturated carbocycles. The minimum atomic E-state index is -3.61. The van der Waals surface area contributed by atoms with E-state index in [2.05, 4.69) is 5.10 Å². The second-order valence-electron chi connectivity index (χ2n) is 6.32. The second-order valence-corrected chi connectivity index (χ2v) is 8.12. The largest absolute Gasteiger partial charge is 0.391 e. The van der Waals surface area contributed by atoms with Gasteiger partial charge in [0.25, 0.3) is 0 Å². The monoisotopic (exact) mass is 313 g/mol. The number of aliphatic hydroxyl groups is 1. The minimum absolute atomic E-state index is 0.311. The van der Waals surface area contributed by atoms with Crippen molar-refractivity contribution in [3.8, 4) is 0 Å². The van der Waals surface area contributed by atoms with Crippen molar-refractivity contribution in [3.05, 3.63) is 11.4 Å². The van der Waals surface area contributed by atoms with Crippen LogP contribution in [0.5, 0.6) is 0 Å². The number of nitrogens with zero attached hydrogens (tertiary/aromatic N) is 3. The van der Waals surface area contributed by atoms with E-state index in [1.807, 2.05) is 0 Å². The summed E-state index contributed by atoms with van der Waals surface area (Å²) in [6, 6.07) is 0. The summed E-state index contributed by atoms with van der Waals surface area (Å²) in [7, 11) is -1.86. The summed E-state index contributed by atoms with van der Waals surface area (Å²) in [5, 5.41) is 14.6. The van der Waals surface area contributed by atoms with Crippen molar-refractivity contribution in [2.45, 2.75) is 62.5 Å². The van der Waals surface area contributed by atoms with Crippen LogP contribution in [-0.4, -0.2) is 45.8 Å². The van der Waals surface area contributed by atoms with Crippen molar-refractivity contribution in [1.29, 1.82) is 0 Å². The molecular weight excluding hydrogens is 290 g/mol. The number of hydrogen-bond acceptors (Lipinski definition) is 4. The van der Waals surface area contributed by atoms with Gasteiger partial charge in [0.15, 0.2) is 0 Å². The van der Waals surface area contributed by atoms with Crippen molar-refractivity contribution in [1.82, 2.24) is 14.1 Å². The Morgan fingerprint density at radius 2 is 1.90 bits per heavy atom. The Bertz CT molecular complexity index is 659. The van der Waals surface area contributed by atoms with E-state index in [9.17, 15) is 13.5 Å². The lowest BCUT2D eigenvalue weighted by Gasteiger charge is -2.36. The average Bonchev–Trinajstić information content (AvgIpc) is 3.05. The molecular formula is C14H23N3O3S. The van der Waals surface area contributed by atoms with Gasteiger partial charge in [-0.25, -0.2) is 8.42 Å². The zero-order valence-corrected chi connectivity index (χ0v) is 13.7. The van der Waals surface area contributed by atoms with Gasteiger partial charge < -0.3 is 5.11 Å². The van der Waals surface area contributed by atoms with Gasteiger partial charge in [0.2, 0.25) is 10.0 Å². The Hall–Kier alpha value is -0.920. The lowest BCUT2D eigenvalue weighted by atomic mass is 9.93. The first-order valence-electron chi connectivity index (χ1n) is 7.52. The summed E-state index contributed by atoms with van der Waals surface area (Å²) in [5.41, 5.74) is 0.597. The molecule has 0 radical (unpaired) electrons. The van der Waals surface area contributed by atoms with Gasteiger partial charge in [-0.1, -0.05) is 12.8 Å². The Morgan fingerprint density at radius 1 is 1.29 bits per heavy atom. The SMILES string of the molecule is Cc1nn(C)c(C)c1S(=O)(=O)N1CCC(O)C12CCCC2. The van der Waals surface area contributed by atoms with Crippen molar-refractivity contribution in [2.75, 3.05) is 6.54 Å². The summed E-state index contributed by atoms with van der Waals surface area (Å²) < 4.78 is 29.5. The smallest absolute Gasteiger partial charge is 0.247 e. The zero-order chi connectivity index (χ0) is 15.4. The molecule has 3 rings (SSSR count). The highest BCUT2D eigenvalue weighted by Gasteiger charge is 2.55. The predicted octanol–water partition coefficient (Wildman–Crippen LogP) is 1.11. The molecule has 2 aliphatic rings. The molecule has 1 aliphatic carbocycles. The molecule has 1 atom stereocenters. The van der Waals surface area contributed by atoms with E-state index < -0.39 is 21.7 Å². The summed E-state index contributed by atoms with van der Waals surface area (Å²) >= 11 is 0. The van der Waals surface area contributed by atoms with Crippen molar-refractivity contribution >= 4 is 10.0 Å². The van der Waals surface area contributed by atoms with E-state index in [0.717, 1.165) is 25.7 Å². The van der Waals surface area contributed by atoms with Gasteiger partial charge in [-0.15, -0.1) is 0 Å². The van der Waals surface area contributed by atoms with Crippen LogP contribution in [0.4, 0.5) is 0 Å². The summed E-state index contributed by atoms with van der Waals surface area (Å²) in [6.45, 7) is 3.91. The standard InChI is InChI=1S/C14H23N3O3S/c1-10-13(11(2)16(3)15-10)21(19,20)17-9-6-12(18)14(17)7-4-5-8-14/h12,18H,4-9H2,1-3H3. The number of hydrogen-bond donors (Lipinski definition) is 1. The lowest BCUT2D eigenvalue weighted by molar-refractivity contribution is 0.0687. The third kappa shape index (κ3) is 1.98. The van der Waals surface area contributed by atoms with Crippen molar-refractivity contribution < 1.29 is 13.5 Å². The van der Waals surface area contributed by atoms with Gasteiger partial charge in [-0.2, -0.15) is 9.40 Å². The molecule has 1 aromatic rings. The fraction of sp³-hybridized carbons (Fsp3) is 0.786. The first kappa shape index (κ1) is 15.0. The molecule has 1 aromatic heterocycles. The van der Waals surface area contributed by atoms with Crippen LogP contribution in [0.15, 0.2) is 4.90 Å². The fourth-order valence-electron chi connectivity index (χ4n) is 4.06. The molecule has 0 amide bonds. The molecule has 1 N–H and O–H groups in total. The van der Waals surface area contributed by atoms with E-state index >= 15 is 0 Å². The summed E-state index contributed by atoms with van der Waals surface area (Å²) in [4.78, 5) is 0.311. The maximum absolute atomic E-state index is 13.2. The third-order valence-electron chi connectivity index (χ3n) is 5.18. The third-order valence-corrected chi connectivity index (χ3v) is 7.42.